The van der Waals surface area contributed by atoms with E-state index in [9.17, 15) is 9.59 Å². The van der Waals surface area contributed by atoms with Gasteiger partial charge in [-0.05, 0) is 79.2 Å². The maximum Gasteiger partial charge on any atom is 0.343 e. The van der Waals surface area contributed by atoms with Crippen LogP contribution in [0.4, 0.5) is 0 Å². The molecule has 1 N–H and O–H groups in total. The van der Waals surface area contributed by atoms with E-state index in [0.717, 1.165) is 4.47 Å². The number of nitrogens with zero attached hydrogens (tertiary/aromatic N) is 1. The Morgan fingerprint density at radius 2 is 1.73 bits per heavy atom. The van der Waals surface area contributed by atoms with Crippen LogP contribution in [0.1, 0.15) is 22.8 Å². The second-order valence-corrected chi connectivity index (χ2v) is 7.92. The van der Waals surface area contributed by atoms with E-state index in [2.05, 4.69) is 26.5 Å². The first-order valence-electron chi connectivity index (χ1n) is 9.89. The molecule has 0 saturated heterocycles. The predicted octanol–water partition coefficient (Wildman–Crippen LogP) is 5.25. The van der Waals surface area contributed by atoms with E-state index in [1.807, 2.05) is 19.1 Å². The van der Waals surface area contributed by atoms with Gasteiger partial charge in [0.1, 0.15) is 5.75 Å². The van der Waals surface area contributed by atoms with Crippen LogP contribution in [-0.2, 0) is 4.79 Å². The molecule has 170 valence electrons. The lowest BCUT2D eigenvalue weighted by atomic mass is 10.2. The maximum absolute atomic E-state index is 12.4. The molecule has 9 heteroatoms. The molecule has 0 radical (unpaired) electrons. The zero-order valence-electron chi connectivity index (χ0n) is 17.6. The second-order valence-electron chi connectivity index (χ2n) is 6.57. The van der Waals surface area contributed by atoms with E-state index in [0.29, 0.717) is 34.3 Å². The zero-order valence-corrected chi connectivity index (χ0v) is 19.9. The number of hydrogen-bond donors (Lipinski definition) is 1. The zero-order chi connectivity index (χ0) is 23.6. The molecule has 3 aromatic rings. The lowest BCUT2D eigenvalue weighted by Gasteiger charge is -2.11. The highest BCUT2D eigenvalue weighted by Gasteiger charge is 2.13. The van der Waals surface area contributed by atoms with Crippen LogP contribution >= 0.6 is 27.5 Å². The molecule has 0 aliphatic heterocycles. The molecule has 3 rings (SSSR count). The van der Waals surface area contributed by atoms with Gasteiger partial charge in [0.15, 0.2) is 18.1 Å². The Bertz CT molecular complexity index is 1130. The van der Waals surface area contributed by atoms with Crippen molar-refractivity contribution in [1.82, 2.24) is 5.43 Å². The van der Waals surface area contributed by atoms with Crippen LogP contribution in [-0.4, -0.2) is 31.3 Å². The quantitative estimate of drug-likeness (QED) is 0.176. The van der Waals surface area contributed by atoms with Crippen molar-refractivity contribution in [3.8, 4) is 17.2 Å². The second kappa shape index (κ2) is 12.0. The number of carbonyl (C=O) groups is 2. The highest BCUT2D eigenvalue weighted by molar-refractivity contribution is 9.10. The van der Waals surface area contributed by atoms with Gasteiger partial charge in [-0.2, -0.15) is 5.10 Å². The van der Waals surface area contributed by atoms with E-state index in [1.54, 1.807) is 54.6 Å². The molecule has 0 atom stereocenters. The van der Waals surface area contributed by atoms with Gasteiger partial charge in [-0.3, -0.25) is 4.79 Å². The summed E-state index contributed by atoms with van der Waals surface area (Å²) in [4.78, 5) is 24.3. The Hall–Kier alpha value is -3.36. The minimum atomic E-state index is -0.535. The minimum absolute atomic E-state index is 0.178. The van der Waals surface area contributed by atoms with Crippen LogP contribution in [0.25, 0.3) is 0 Å². The first kappa shape index (κ1) is 24.3. The average molecular weight is 532 g/mol. The number of nitrogens with one attached hydrogen (secondary N) is 1. The number of ether oxygens (including phenoxy) is 3. The molecular weight excluding hydrogens is 512 g/mol. The predicted molar refractivity (Wildman–Crippen MR) is 129 cm³/mol. The normalized spacial score (nSPS) is 10.6. The third kappa shape index (κ3) is 7.62. The van der Waals surface area contributed by atoms with Gasteiger partial charge in [0, 0.05) is 9.50 Å². The number of hydrogen-bond acceptors (Lipinski definition) is 6. The van der Waals surface area contributed by atoms with Gasteiger partial charge in [0.2, 0.25) is 0 Å². The van der Waals surface area contributed by atoms with Crippen LogP contribution in [0.2, 0.25) is 5.02 Å². The Kier molecular flexibility index (Phi) is 8.86. The van der Waals surface area contributed by atoms with Gasteiger partial charge in [0.25, 0.3) is 5.91 Å². The molecule has 1 amide bonds. The maximum atomic E-state index is 12.4. The summed E-state index contributed by atoms with van der Waals surface area (Å²) in [7, 11) is 0. The smallest absolute Gasteiger partial charge is 0.343 e. The van der Waals surface area contributed by atoms with Crippen molar-refractivity contribution in [2.24, 2.45) is 5.10 Å². The lowest BCUT2D eigenvalue weighted by molar-refractivity contribution is -0.123. The number of benzene rings is 3. The first-order valence-corrected chi connectivity index (χ1v) is 11.1. The van der Waals surface area contributed by atoms with Gasteiger partial charge in [-0.1, -0.05) is 27.5 Å². The largest absolute Gasteiger partial charge is 0.490 e. The summed E-state index contributed by atoms with van der Waals surface area (Å²) in [6, 6.07) is 18.4. The van der Waals surface area contributed by atoms with Crippen molar-refractivity contribution in [2.75, 3.05) is 13.2 Å². The van der Waals surface area contributed by atoms with Crippen LogP contribution in [0.15, 0.2) is 76.3 Å². The highest BCUT2D eigenvalue weighted by Crippen LogP contribution is 2.29. The molecule has 0 aliphatic rings. The summed E-state index contributed by atoms with van der Waals surface area (Å²) in [5.74, 6) is 0.261. The fourth-order valence-corrected chi connectivity index (χ4v) is 2.98. The molecule has 0 fully saturated rings. The van der Waals surface area contributed by atoms with Crippen molar-refractivity contribution in [3.63, 3.8) is 0 Å². The van der Waals surface area contributed by atoms with Crippen LogP contribution in [0, 0.1) is 0 Å². The van der Waals surface area contributed by atoms with Crippen molar-refractivity contribution in [3.05, 3.63) is 87.4 Å². The lowest BCUT2D eigenvalue weighted by Crippen LogP contribution is -2.24. The number of halogens is 2. The molecule has 0 unspecified atom stereocenters. The third-order valence-electron chi connectivity index (χ3n) is 4.14. The Morgan fingerprint density at radius 1 is 1.00 bits per heavy atom. The average Bonchev–Trinajstić information content (AvgIpc) is 2.81. The highest BCUT2D eigenvalue weighted by atomic mass is 79.9. The van der Waals surface area contributed by atoms with Gasteiger partial charge in [0.05, 0.1) is 18.4 Å². The van der Waals surface area contributed by atoms with Crippen molar-refractivity contribution >= 4 is 45.6 Å². The Balaban J connectivity index is 1.58. The molecule has 0 spiro atoms. The SMILES string of the molecule is CCOc1cc(/C=N/NC(=O)COc2ccc(Br)cc2)ccc1OC(=O)c1ccc(Cl)cc1. The van der Waals surface area contributed by atoms with Gasteiger partial charge < -0.3 is 14.2 Å². The molecule has 0 bridgehead atoms. The van der Waals surface area contributed by atoms with Crippen LogP contribution < -0.4 is 19.6 Å². The summed E-state index contributed by atoms with van der Waals surface area (Å²) in [6.45, 7) is 2.01. The van der Waals surface area contributed by atoms with E-state index in [4.69, 9.17) is 25.8 Å². The van der Waals surface area contributed by atoms with E-state index in [-0.39, 0.29) is 12.4 Å². The summed E-state index contributed by atoms with van der Waals surface area (Å²) in [5.41, 5.74) is 3.40. The molecule has 0 aliphatic carbocycles. The standard InChI is InChI=1S/C24H20BrClN2O5/c1-2-31-22-13-16(3-12-21(22)33-24(30)17-4-8-19(26)9-5-17)14-27-28-23(29)15-32-20-10-6-18(25)7-11-20/h3-14H,2,15H2,1H3,(H,28,29)/b27-14+. The van der Waals surface area contributed by atoms with E-state index < -0.39 is 11.9 Å². The summed E-state index contributed by atoms with van der Waals surface area (Å²) in [6.07, 6.45) is 1.45. The van der Waals surface area contributed by atoms with Crippen molar-refractivity contribution in [1.29, 1.82) is 0 Å². The van der Waals surface area contributed by atoms with Gasteiger partial charge in [-0.15, -0.1) is 0 Å². The fraction of sp³-hybridized carbons (Fsp3) is 0.125. The van der Waals surface area contributed by atoms with Crippen LogP contribution in [0.5, 0.6) is 17.2 Å². The molecular formula is C24H20BrClN2O5. The minimum Gasteiger partial charge on any atom is -0.490 e. The number of amides is 1. The van der Waals surface area contributed by atoms with E-state index >= 15 is 0 Å². The Labute approximate surface area is 204 Å². The molecule has 3 aromatic carbocycles. The third-order valence-corrected chi connectivity index (χ3v) is 4.92. The van der Waals surface area contributed by atoms with Crippen LogP contribution in [0.3, 0.4) is 0 Å². The topological polar surface area (TPSA) is 86.2 Å². The monoisotopic (exact) mass is 530 g/mol. The first-order chi connectivity index (χ1) is 15.9. The number of rotatable bonds is 9. The molecule has 7 nitrogen and oxygen atoms in total. The van der Waals surface area contributed by atoms with Gasteiger partial charge in [-0.25, -0.2) is 10.2 Å². The molecule has 0 saturated carbocycles. The van der Waals surface area contributed by atoms with Crippen molar-refractivity contribution < 1.29 is 23.8 Å². The fourth-order valence-electron chi connectivity index (χ4n) is 2.59. The number of esters is 1. The van der Waals surface area contributed by atoms with Crippen molar-refractivity contribution in [2.45, 2.75) is 6.92 Å². The summed E-state index contributed by atoms with van der Waals surface area (Å²) in [5, 5.41) is 4.45. The van der Waals surface area contributed by atoms with Gasteiger partial charge >= 0.3 is 5.97 Å². The summed E-state index contributed by atoms with van der Waals surface area (Å²) >= 11 is 9.19. The number of carbonyl (C=O) groups excluding carboxylic acids is 2. The number of hydrazone groups is 1. The summed E-state index contributed by atoms with van der Waals surface area (Å²) < 4.78 is 17.4. The Morgan fingerprint density at radius 3 is 2.42 bits per heavy atom. The molecule has 33 heavy (non-hydrogen) atoms. The van der Waals surface area contributed by atoms with E-state index in [1.165, 1.54) is 6.21 Å². The molecule has 0 heterocycles. The molecule has 0 aromatic heterocycles.